The molecule has 1 fully saturated rings. The van der Waals surface area contributed by atoms with Gasteiger partial charge in [-0.05, 0) is 49.0 Å². The van der Waals surface area contributed by atoms with Crippen LogP contribution in [-0.4, -0.2) is 63.9 Å². The molecule has 8 heteroatoms. The van der Waals surface area contributed by atoms with Crippen LogP contribution < -0.4 is 15.1 Å². The number of anilines is 3. The summed E-state index contributed by atoms with van der Waals surface area (Å²) in [6.07, 6.45) is 11.4. The summed E-state index contributed by atoms with van der Waals surface area (Å²) < 4.78 is 12.9. The van der Waals surface area contributed by atoms with Gasteiger partial charge in [0, 0.05) is 38.0 Å². The second-order valence-electron chi connectivity index (χ2n) is 9.06. The number of nitrogens with zero attached hydrogens (tertiary/aromatic N) is 4. The van der Waals surface area contributed by atoms with Gasteiger partial charge >= 0.3 is 0 Å². The molecule has 33 heavy (non-hydrogen) atoms. The molecule has 0 amide bonds. The Morgan fingerprint density at radius 3 is 2.64 bits per heavy atom. The van der Waals surface area contributed by atoms with Gasteiger partial charge < -0.3 is 20.2 Å². The molecule has 0 bridgehead atoms. The molecule has 1 atom stereocenters. The van der Waals surface area contributed by atoms with Gasteiger partial charge in [0.15, 0.2) is 11.6 Å². The summed E-state index contributed by atoms with van der Waals surface area (Å²) in [6, 6.07) is 8.09. The van der Waals surface area contributed by atoms with Crippen molar-refractivity contribution < 1.29 is 9.32 Å². The Labute approximate surface area is 197 Å². The minimum atomic E-state index is -1.16. The molecule has 172 valence electrons. The summed E-state index contributed by atoms with van der Waals surface area (Å²) in [7, 11) is 0.817. The highest BCUT2D eigenvalue weighted by atomic mass is 32.2. The number of rotatable bonds is 5. The Morgan fingerprint density at radius 1 is 1.24 bits per heavy atom. The number of hydrogen-bond donors (Lipinski definition) is 2. The van der Waals surface area contributed by atoms with Crippen molar-refractivity contribution in [1.82, 2.24) is 9.97 Å². The first-order valence-corrected chi connectivity index (χ1v) is 12.8. The van der Waals surface area contributed by atoms with E-state index in [1.807, 2.05) is 19.2 Å². The van der Waals surface area contributed by atoms with E-state index in [0.29, 0.717) is 35.5 Å². The van der Waals surface area contributed by atoms with Gasteiger partial charge in [-0.2, -0.15) is 9.97 Å². The van der Waals surface area contributed by atoms with E-state index in [0.717, 1.165) is 43.6 Å². The SMILES string of the molecule is C#Cc1ccc(C2=CCN(c3nc(NC4(CO)CCC4)c4c(n3)N(C)CCS4=O)CC2)cc1. The quantitative estimate of drug-likeness (QED) is 0.660. The third kappa shape index (κ3) is 4.11. The van der Waals surface area contributed by atoms with Gasteiger partial charge in [0.25, 0.3) is 0 Å². The zero-order valence-corrected chi connectivity index (χ0v) is 19.7. The van der Waals surface area contributed by atoms with E-state index >= 15 is 0 Å². The summed E-state index contributed by atoms with van der Waals surface area (Å²) >= 11 is 0. The van der Waals surface area contributed by atoms with Gasteiger partial charge in [0.2, 0.25) is 5.95 Å². The number of nitrogens with one attached hydrogen (secondary N) is 1. The Kier molecular flexibility index (Phi) is 5.85. The van der Waals surface area contributed by atoms with Crippen LogP contribution in [0.2, 0.25) is 0 Å². The Morgan fingerprint density at radius 2 is 2.03 bits per heavy atom. The van der Waals surface area contributed by atoms with Crippen LogP contribution in [-0.2, 0) is 10.8 Å². The molecule has 5 rings (SSSR count). The predicted octanol–water partition coefficient (Wildman–Crippen LogP) is 2.64. The highest BCUT2D eigenvalue weighted by Gasteiger charge is 2.39. The smallest absolute Gasteiger partial charge is 0.229 e. The lowest BCUT2D eigenvalue weighted by molar-refractivity contribution is 0.143. The van der Waals surface area contributed by atoms with Gasteiger partial charge in [-0.25, -0.2) is 0 Å². The fourth-order valence-electron chi connectivity index (χ4n) is 4.62. The Bertz CT molecular complexity index is 1150. The minimum Gasteiger partial charge on any atom is -0.394 e. The standard InChI is InChI=1S/C25H29N5O2S/c1-3-18-5-7-19(8-6-18)20-9-13-30(14-10-20)24-26-22(28-25(17-31)11-4-12-25)21-23(27-24)29(2)15-16-33(21)32/h1,5-9,31H,4,10-17H2,2H3,(H,26,27,28). The Hall–Kier alpha value is -2.89. The molecular formula is C25H29N5O2S. The summed E-state index contributed by atoms with van der Waals surface area (Å²) in [4.78, 5) is 14.6. The number of aliphatic hydroxyl groups is 1. The van der Waals surface area contributed by atoms with Gasteiger partial charge in [-0.3, -0.25) is 4.21 Å². The number of terminal acetylenes is 1. The van der Waals surface area contributed by atoms with Gasteiger partial charge in [-0.1, -0.05) is 24.1 Å². The highest BCUT2D eigenvalue weighted by molar-refractivity contribution is 7.85. The summed E-state index contributed by atoms with van der Waals surface area (Å²) in [5.74, 6) is 5.17. The topological polar surface area (TPSA) is 81.6 Å². The molecule has 3 heterocycles. The largest absolute Gasteiger partial charge is 0.394 e. The van der Waals surface area contributed by atoms with Crippen molar-refractivity contribution >= 4 is 34.0 Å². The molecule has 2 N–H and O–H groups in total. The molecule has 1 aromatic heterocycles. The molecule has 0 spiro atoms. The number of fused-ring (bicyclic) bond motifs is 1. The van der Waals surface area contributed by atoms with E-state index in [-0.39, 0.29) is 12.1 Å². The normalized spacial score (nSPS) is 21.5. The van der Waals surface area contributed by atoms with Crippen molar-refractivity contribution in [3.63, 3.8) is 0 Å². The molecule has 7 nitrogen and oxygen atoms in total. The van der Waals surface area contributed by atoms with Crippen LogP contribution in [0.4, 0.5) is 17.6 Å². The Balaban J connectivity index is 1.45. The van der Waals surface area contributed by atoms with Crippen molar-refractivity contribution in [1.29, 1.82) is 0 Å². The van der Waals surface area contributed by atoms with Crippen molar-refractivity contribution in [3.8, 4) is 12.3 Å². The van der Waals surface area contributed by atoms with Crippen molar-refractivity contribution in [3.05, 3.63) is 41.5 Å². The molecule has 1 aliphatic carbocycles. The van der Waals surface area contributed by atoms with Crippen LogP contribution in [0.5, 0.6) is 0 Å². The van der Waals surface area contributed by atoms with E-state index in [2.05, 4.69) is 39.2 Å². The maximum absolute atomic E-state index is 12.9. The van der Waals surface area contributed by atoms with Crippen molar-refractivity contribution in [2.75, 3.05) is 54.2 Å². The van der Waals surface area contributed by atoms with E-state index < -0.39 is 10.8 Å². The van der Waals surface area contributed by atoms with Crippen LogP contribution in [0.3, 0.4) is 0 Å². The van der Waals surface area contributed by atoms with Crippen LogP contribution in [0.1, 0.15) is 36.8 Å². The minimum absolute atomic E-state index is 0.0395. The van der Waals surface area contributed by atoms with Gasteiger partial charge in [-0.15, -0.1) is 6.42 Å². The molecule has 1 unspecified atom stereocenters. The van der Waals surface area contributed by atoms with E-state index in [1.165, 1.54) is 11.1 Å². The molecule has 1 aromatic carbocycles. The summed E-state index contributed by atoms with van der Waals surface area (Å²) in [6.45, 7) is 2.22. The molecule has 2 aromatic rings. The number of aromatic nitrogens is 2. The fourth-order valence-corrected chi connectivity index (χ4v) is 5.98. The van der Waals surface area contributed by atoms with E-state index in [9.17, 15) is 9.32 Å². The molecular weight excluding hydrogens is 434 g/mol. The van der Waals surface area contributed by atoms with Crippen LogP contribution >= 0.6 is 0 Å². The number of hydrogen-bond acceptors (Lipinski definition) is 7. The van der Waals surface area contributed by atoms with Gasteiger partial charge in [0.05, 0.1) is 22.9 Å². The monoisotopic (exact) mass is 463 g/mol. The number of aliphatic hydroxyl groups excluding tert-OH is 1. The fraction of sp³-hybridized carbons (Fsp3) is 0.440. The first-order chi connectivity index (χ1) is 16.0. The molecule has 0 radical (unpaired) electrons. The maximum Gasteiger partial charge on any atom is 0.229 e. The van der Waals surface area contributed by atoms with Crippen LogP contribution in [0.15, 0.2) is 35.2 Å². The summed E-state index contributed by atoms with van der Waals surface area (Å²) in [5, 5.41) is 13.5. The predicted molar refractivity (Wildman–Crippen MR) is 133 cm³/mol. The average molecular weight is 464 g/mol. The van der Waals surface area contributed by atoms with Crippen LogP contribution in [0.25, 0.3) is 5.57 Å². The molecule has 1 saturated carbocycles. The molecule has 0 saturated heterocycles. The molecule has 2 aliphatic heterocycles. The van der Waals surface area contributed by atoms with E-state index in [4.69, 9.17) is 16.4 Å². The zero-order valence-electron chi connectivity index (χ0n) is 18.9. The maximum atomic E-state index is 12.9. The first-order valence-electron chi connectivity index (χ1n) is 11.4. The van der Waals surface area contributed by atoms with Crippen molar-refractivity contribution in [2.24, 2.45) is 0 Å². The lowest BCUT2D eigenvalue weighted by Gasteiger charge is -2.42. The lowest BCUT2D eigenvalue weighted by Crippen LogP contribution is -2.49. The highest BCUT2D eigenvalue weighted by Crippen LogP contribution is 2.39. The van der Waals surface area contributed by atoms with Crippen LogP contribution in [0, 0.1) is 12.3 Å². The van der Waals surface area contributed by atoms with Gasteiger partial charge in [0.1, 0.15) is 4.90 Å². The third-order valence-electron chi connectivity index (χ3n) is 6.95. The molecule has 3 aliphatic rings. The number of benzene rings is 1. The zero-order chi connectivity index (χ0) is 23.0. The summed E-state index contributed by atoms with van der Waals surface area (Å²) in [5.41, 5.74) is 2.98. The van der Waals surface area contributed by atoms with Crippen molar-refractivity contribution in [2.45, 2.75) is 36.1 Å². The second-order valence-corrected chi connectivity index (χ2v) is 10.6. The average Bonchev–Trinajstić information content (AvgIpc) is 2.83. The van der Waals surface area contributed by atoms with E-state index in [1.54, 1.807) is 0 Å². The lowest BCUT2D eigenvalue weighted by atomic mass is 9.77. The third-order valence-corrected chi connectivity index (χ3v) is 8.33. The second kappa shape index (κ2) is 8.81. The first kappa shape index (κ1) is 21.9.